The molecule has 7 nitrogen and oxygen atoms in total. The SMILES string of the molecule is C=CCN1C(=O)[C@H](CC(=O)Nc2ccccc2C)SC1=NS(=O)(=O)c1cccs1. The Morgan fingerprint density at radius 3 is 2.72 bits per heavy atom. The molecule has 1 aromatic carbocycles. The zero-order valence-electron chi connectivity index (χ0n) is 15.6. The molecule has 0 bridgehead atoms. The fraction of sp³-hybridized carbons (Fsp3) is 0.211. The first kappa shape index (κ1) is 21.3. The summed E-state index contributed by atoms with van der Waals surface area (Å²) in [4.78, 5) is 26.4. The number of amides is 2. The Hall–Kier alpha value is -2.43. The van der Waals surface area contributed by atoms with Crippen LogP contribution in [0.25, 0.3) is 0 Å². The number of thiophene rings is 1. The normalized spacial score (nSPS) is 18.2. The summed E-state index contributed by atoms with van der Waals surface area (Å²) in [6.45, 7) is 5.59. The van der Waals surface area contributed by atoms with Gasteiger partial charge in [0.15, 0.2) is 5.17 Å². The number of nitrogens with zero attached hydrogens (tertiary/aromatic N) is 2. The summed E-state index contributed by atoms with van der Waals surface area (Å²) >= 11 is 2.03. The Labute approximate surface area is 177 Å². The van der Waals surface area contributed by atoms with Crippen molar-refractivity contribution in [3.63, 3.8) is 0 Å². The Morgan fingerprint density at radius 1 is 1.31 bits per heavy atom. The number of carbonyl (C=O) groups excluding carboxylic acids is 2. The fourth-order valence-electron chi connectivity index (χ4n) is 2.65. The van der Waals surface area contributed by atoms with E-state index in [9.17, 15) is 18.0 Å². The number of benzene rings is 1. The number of rotatable bonds is 7. The lowest BCUT2D eigenvalue weighted by Gasteiger charge is -2.13. The highest BCUT2D eigenvalue weighted by Gasteiger charge is 2.39. The van der Waals surface area contributed by atoms with Gasteiger partial charge in [-0.1, -0.05) is 42.1 Å². The average molecular weight is 450 g/mol. The molecule has 0 radical (unpaired) electrons. The van der Waals surface area contributed by atoms with E-state index < -0.39 is 15.3 Å². The summed E-state index contributed by atoms with van der Waals surface area (Å²) in [6, 6.07) is 10.4. The quantitative estimate of drug-likeness (QED) is 0.655. The minimum atomic E-state index is -3.92. The molecule has 10 heteroatoms. The second kappa shape index (κ2) is 8.93. The molecule has 29 heavy (non-hydrogen) atoms. The predicted molar refractivity (Wildman–Crippen MR) is 117 cm³/mol. The van der Waals surface area contributed by atoms with Crippen molar-refractivity contribution < 1.29 is 18.0 Å². The molecule has 0 unspecified atom stereocenters. The number of amidine groups is 1. The van der Waals surface area contributed by atoms with E-state index in [1.165, 1.54) is 17.0 Å². The van der Waals surface area contributed by atoms with Crippen LogP contribution in [0.5, 0.6) is 0 Å². The number of anilines is 1. The van der Waals surface area contributed by atoms with Crippen molar-refractivity contribution in [3.8, 4) is 0 Å². The lowest BCUT2D eigenvalue weighted by molar-refractivity contribution is -0.127. The highest BCUT2D eigenvalue weighted by molar-refractivity contribution is 8.16. The topological polar surface area (TPSA) is 95.9 Å². The summed E-state index contributed by atoms with van der Waals surface area (Å²) in [5.74, 6) is -0.693. The van der Waals surface area contributed by atoms with E-state index in [1.54, 1.807) is 17.5 Å². The number of sulfonamides is 1. The first-order chi connectivity index (χ1) is 13.8. The summed E-state index contributed by atoms with van der Waals surface area (Å²) < 4.78 is 28.9. The number of aryl methyl sites for hydroxylation is 1. The smallest absolute Gasteiger partial charge is 0.294 e. The van der Waals surface area contributed by atoms with Gasteiger partial charge in [0.05, 0.1) is 0 Å². The Bertz CT molecular complexity index is 1060. The molecule has 1 aliphatic heterocycles. The van der Waals surface area contributed by atoms with Crippen LogP contribution in [-0.2, 0) is 19.6 Å². The van der Waals surface area contributed by atoms with Crippen LogP contribution >= 0.6 is 23.1 Å². The largest absolute Gasteiger partial charge is 0.326 e. The minimum Gasteiger partial charge on any atom is -0.326 e. The predicted octanol–water partition coefficient (Wildman–Crippen LogP) is 3.26. The molecule has 3 rings (SSSR count). The lowest BCUT2D eigenvalue weighted by atomic mass is 10.2. The molecule has 2 amide bonds. The van der Waals surface area contributed by atoms with E-state index in [0.29, 0.717) is 5.69 Å². The number of nitrogens with one attached hydrogen (secondary N) is 1. The van der Waals surface area contributed by atoms with E-state index in [4.69, 9.17) is 0 Å². The maximum Gasteiger partial charge on any atom is 0.294 e. The van der Waals surface area contributed by atoms with Crippen molar-refractivity contribution in [2.45, 2.75) is 22.8 Å². The third kappa shape index (κ3) is 4.95. The van der Waals surface area contributed by atoms with Gasteiger partial charge in [0, 0.05) is 18.7 Å². The van der Waals surface area contributed by atoms with E-state index >= 15 is 0 Å². The third-order valence-corrected chi connectivity index (χ3v) is 8.00. The van der Waals surface area contributed by atoms with Crippen molar-refractivity contribution in [2.75, 3.05) is 11.9 Å². The van der Waals surface area contributed by atoms with E-state index in [-0.39, 0.29) is 34.2 Å². The maximum absolute atomic E-state index is 12.7. The molecule has 0 saturated carbocycles. The molecule has 0 spiro atoms. The van der Waals surface area contributed by atoms with Crippen LogP contribution < -0.4 is 5.32 Å². The maximum atomic E-state index is 12.7. The van der Waals surface area contributed by atoms with Crippen molar-refractivity contribution in [1.29, 1.82) is 0 Å². The van der Waals surface area contributed by atoms with Gasteiger partial charge in [-0.05, 0) is 30.0 Å². The standard InChI is InChI=1S/C19H19N3O4S3/c1-3-10-22-18(24)15(12-16(23)20-14-8-5-4-7-13(14)2)28-19(22)21-29(25,26)17-9-6-11-27-17/h3-9,11,15H,1,10,12H2,2H3,(H,20,23)/t15-/m0/s1. The Morgan fingerprint density at radius 2 is 2.07 bits per heavy atom. The van der Waals surface area contributed by atoms with Gasteiger partial charge in [0.2, 0.25) is 11.8 Å². The van der Waals surface area contributed by atoms with Crippen molar-refractivity contribution in [1.82, 2.24) is 4.90 Å². The fourth-order valence-corrected chi connectivity index (χ4v) is 5.98. The van der Waals surface area contributed by atoms with Gasteiger partial charge < -0.3 is 5.32 Å². The first-order valence-electron chi connectivity index (χ1n) is 8.64. The first-order valence-corrected chi connectivity index (χ1v) is 11.8. The van der Waals surface area contributed by atoms with Gasteiger partial charge in [-0.2, -0.15) is 8.42 Å². The molecular weight excluding hydrogens is 430 g/mol. The van der Waals surface area contributed by atoms with Crippen LogP contribution in [0.15, 0.2) is 63.0 Å². The van der Waals surface area contributed by atoms with Gasteiger partial charge in [-0.25, -0.2) is 0 Å². The number of hydrogen-bond donors (Lipinski definition) is 1. The zero-order valence-corrected chi connectivity index (χ0v) is 18.0. The molecule has 152 valence electrons. The highest BCUT2D eigenvalue weighted by Crippen LogP contribution is 2.32. The molecule has 1 aliphatic rings. The van der Waals surface area contributed by atoms with Gasteiger partial charge in [0.1, 0.15) is 9.46 Å². The Balaban J connectivity index is 1.78. The highest BCUT2D eigenvalue weighted by atomic mass is 32.2. The monoisotopic (exact) mass is 449 g/mol. The molecule has 2 heterocycles. The second-order valence-electron chi connectivity index (χ2n) is 6.19. The van der Waals surface area contributed by atoms with Gasteiger partial charge in [-0.3, -0.25) is 14.5 Å². The van der Waals surface area contributed by atoms with Gasteiger partial charge >= 0.3 is 0 Å². The summed E-state index contributed by atoms with van der Waals surface area (Å²) in [6.07, 6.45) is 1.39. The van der Waals surface area contributed by atoms with Crippen LogP contribution in [0.3, 0.4) is 0 Å². The molecule has 1 atom stereocenters. The molecule has 1 saturated heterocycles. The van der Waals surface area contributed by atoms with Gasteiger partial charge in [0.25, 0.3) is 10.0 Å². The second-order valence-corrected chi connectivity index (χ2v) is 10.1. The summed E-state index contributed by atoms with van der Waals surface area (Å²) in [7, 11) is -3.92. The molecule has 0 aliphatic carbocycles. The number of para-hydroxylation sites is 1. The lowest BCUT2D eigenvalue weighted by Crippen LogP contribution is -2.33. The molecule has 1 fully saturated rings. The average Bonchev–Trinajstić information content (AvgIpc) is 3.29. The molecule has 1 N–H and O–H groups in total. The molecule has 2 aromatic rings. The van der Waals surface area contributed by atoms with Crippen molar-refractivity contribution in [2.24, 2.45) is 4.40 Å². The van der Waals surface area contributed by atoms with E-state index in [2.05, 4.69) is 16.3 Å². The minimum absolute atomic E-state index is 0.0528. The van der Waals surface area contributed by atoms with Crippen molar-refractivity contribution in [3.05, 3.63) is 60.0 Å². The van der Waals surface area contributed by atoms with Gasteiger partial charge in [-0.15, -0.1) is 22.3 Å². The zero-order chi connectivity index (χ0) is 21.0. The number of thioether (sulfide) groups is 1. The van der Waals surface area contributed by atoms with Crippen LogP contribution in [0, 0.1) is 6.92 Å². The van der Waals surface area contributed by atoms with Crippen LogP contribution in [0.1, 0.15) is 12.0 Å². The summed E-state index contributed by atoms with van der Waals surface area (Å²) in [5.41, 5.74) is 1.58. The van der Waals surface area contributed by atoms with Crippen LogP contribution in [-0.4, -0.2) is 42.1 Å². The van der Waals surface area contributed by atoms with E-state index in [1.807, 2.05) is 25.1 Å². The van der Waals surface area contributed by atoms with Crippen molar-refractivity contribution >= 4 is 55.8 Å². The van der Waals surface area contributed by atoms with E-state index in [0.717, 1.165) is 28.7 Å². The number of carbonyl (C=O) groups is 2. The summed E-state index contributed by atoms with van der Waals surface area (Å²) in [5, 5.41) is 3.73. The Kier molecular flexibility index (Phi) is 6.56. The van der Waals surface area contributed by atoms with Crippen LogP contribution in [0.4, 0.5) is 5.69 Å². The molecular formula is C19H19N3O4S3. The number of hydrogen-bond acceptors (Lipinski definition) is 6. The van der Waals surface area contributed by atoms with Crippen LogP contribution in [0.2, 0.25) is 0 Å². The molecule has 1 aromatic heterocycles. The third-order valence-electron chi connectivity index (χ3n) is 4.07.